The zero-order chi connectivity index (χ0) is 19.3. The van der Waals surface area contributed by atoms with E-state index in [4.69, 9.17) is 0 Å². The smallest absolute Gasteiger partial charge is 0.252 e. The van der Waals surface area contributed by atoms with Gasteiger partial charge in [0.2, 0.25) is 5.56 Å². The predicted molar refractivity (Wildman–Crippen MR) is 112 cm³/mol. The number of anilines is 1. The molecule has 1 aliphatic heterocycles. The topological polar surface area (TPSA) is 68.4 Å². The number of fused-ring (bicyclic) bond motifs is 1. The van der Waals surface area contributed by atoms with E-state index >= 15 is 0 Å². The number of hydrogen-bond acceptors (Lipinski definition) is 4. The summed E-state index contributed by atoms with van der Waals surface area (Å²) in [6.07, 6.45) is 0. The van der Waals surface area contributed by atoms with Crippen LogP contribution in [0.4, 0.5) is 5.69 Å². The molecule has 2 N–H and O–H groups in total. The maximum absolute atomic E-state index is 12.6. The minimum Gasteiger partial charge on any atom is -0.369 e. The molecule has 1 aromatic heterocycles. The van der Waals surface area contributed by atoms with E-state index in [2.05, 4.69) is 44.4 Å². The van der Waals surface area contributed by atoms with Crippen molar-refractivity contribution >= 4 is 22.5 Å². The molecule has 0 atom stereocenters. The van der Waals surface area contributed by atoms with E-state index in [0.29, 0.717) is 17.6 Å². The molecule has 2 aromatic carbocycles. The number of pyridine rings is 1. The molecular formula is C22H24N4O2. The summed E-state index contributed by atoms with van der Waals surface area (Å²) >= 11 is 0. The Morgan fingerprint density at radius 1 is 0.964 bits per heavy atom. The zero-order valence-corrected chi connectivity index (χ0v) is 15.7. The number of aromatic amines is 1. The average Bonchev–Trinajstić information content (AvgIpc) is 2.74. The van der Waals surface area contributed by atoms with Crippen molar-refractivity contribution in [2.24, 2.45) is 0 Å². The lowest BCUT2D eigenvalue weighted by atomic mass is 10.1. The maximum atomic E-state index is 12.6. The van der Waals surface area contributed by atoms with Crippen LogP contribution in [0.5, 0.6) is 0 Å². The van der Waals surface area contributed by atoms with Gasteiger partial charge in [0.15, 0.2) is 0 Å². The second kappa shape index (κ2) is 8.27. The molecule has 0 bridgehead atoms. The highest BCUT2D eigenvalue weighted by atomic mass is 16.2. The van der Waals surface area contributed by atoms with Crippen LogP contribution in [0.1, 0.15) is 10.4 Å². The highest BCUT2D eigenvalue weighted by Crippen LogP contribution is 2.16. The van der Waals surface area contributed by atoms with Crippen molar-refractivity contribution in [1.82, 2.24) is 15.2 Å². The minimum atomic E-state index is -0.263. The Bertz CT molecular complexity index is 1010. The fourth-order valence-electron chi connectivity index (χ4n) is 3.68. The first kappa shape index (κ1) is 18.3. The van der Waals surface area contributed by atoms with Crippen LogP contribution < -0.4 is 15.8 Å². The van der Waals surface area contributed by atoms with Crippen molar-refractivity contribution in [3.05, 3.63) is 76.6 Å². The zero-order valence-electron chi connectivity index (χ0n) is 15.7. The quantitative estimate of drug-likeness (QED) is 0.715. The Labute approximate surface area is 163 Å². The van der Waals surface area contributed by atoms with Gasteiger partial charge in [-0.2, -0.15) is 0 Å². The molecule has 6 nitrogen and oxygen atoms in total. The van der Waals surface area contributed by atoms with Gasteiger partial charge < -0.3 is 15.2 Å². The Hall–Kier alpha value is -3.12. The molecule has 1 fully saturated rings. The standard InChI is InChI=1S/C22H24N4O2/c27-21-16-19(18-8-4-5-9-20(18)24-21)22(28)23-10-11-25-12-14-26(15-13-25)17-6-2-1-3-7-17/h1-9,16H,10-15H2,(H,23,28)(H,24,27). The van der Waals surface area contributed by atoms with Crippen LogP contribution in [0.15, 0.2) is 65.5 Å². The fraction of sp³-hybridized carbons (Fsp3) is 0.273. The third-order valence-electron chi connectivity index (χ3n) is 5.20. The molecule has 4 rings (SSSR count). The van der Waals surface area contributed by atoms with Crippen molar-refractivity contribution in [3.8, 4) is 0 Å². The number of H-pyrrole nitrogens is 1. The molecule has 1 aliphatic rings. The predicted octanol–water partition coefficient (Wildman–Crippen LogP) is 2.08. The molecule has 3 aromatic rings. The number of benzene rings is 2. The molecule has 1 amide bonds. The number of rotatable bonds is 5. The van der Waals surface area contributed by atoms with Crippen LogP contribution in [0.3, 0.4) is 0 Å². The highest BCUT2D eigenvalue weighted by Gasteiger charge is 2.17. The Morgan fingerprint density at radius 3 is 2.46 bits per heavy atom. The molecule has 0 unspecified atom stereocenters. The third kappa shape index (κ3) is 4.07. The lowest BCUT2D eigenvalue weighted by molar-refractivity contribution is 0.0949. The minimum absolute atomic E-state index is 0.203. The lowest BCUT2D eigenvalue weighted by Crippen LogP contribution is -2.48. The molecule has 6 heteroatoms. The molecule has 144 valence electrons. The first-order valence-electron chi connectivity index (χ1n) is 9.63. The van der Waals surface area contributed by atoms with Crippen LogP contribution in [0, 0.1) is 0 Å². The van der Waals surface area contributed by atoms with Crippen molar-refractivity contribution < 1.29 is 4.79 Å². The van der Waals surface area contributed by atoms with Gasteiger partial charge in [-0.3, -0.25) is 14.5 Å². The van der Waals surface area contributed by atoms with Crippen LogP contribution in [0.25, 0.3) is 10.9 Å². The third-order valence-corrected chi connectivity index (χ3v) is 5.20. The summed E-state index contributed by atoms with van der Waals surface area (Å²) in [5, 5.41) is 3.72. The monoisotopic (exact) mass is 376 g/mol. The van der Waals surface area contributed by atoms with E-state index in [1.165, 1.54) is 11.8 Å². The number of para-hydroxylation sites is 2. The van der Waals surface area contributed by atoms with Crippen molar-refractivity contribution in [2.45, 2.75) is 0 Å². The fourth-order valence-corrected chi connectivity index (χ4v) is 3.68. The summed E-state index contributed by atoms with van der Waals surface area (Å²) in [5.74, 6) is -0.203. The summed E-state index contributed by atoms with van der Waals surface area (Å²) in [5.41, 5.74) is 2.10. The molecule has 28 heavy (non-hydrogen) atoms. The van der Waals surface area contributed by atoms with Gasteiger partial charge in [-0.15, -0.1) is 0 Å². The van der Waals surface area contributed by atoms with Gasteiger partial charge in [-0.1, -0.05) is 36.4 Å². The van der Waals surface area contributed by atoms with Gasteiger partial charge in [-0.05, 0) is 18.2 Å². The van der Waals surface area contributed by atoms with Crippen LogP contribution in [0.2, 0.25) is 0 Å². The van der Waals surface area contributed by atoms with Crippen LogP contribution in [-0.4, -0.2) is 55.1 Å². The van der Waals surface area contributed by atoms with Crippen LogP contribution in [-0.2, 0) is 0 Å². The molecule has 0 radical (unpaired) electrons. The summed E-state index contributed by atoms with van der Waals surface area (Å²) in [6.45, 7) is 5.27. The van der Waals surface area contributed by atoms with Gasteiger partial charge >= 0.3 is 0 Å². The highest BCUT2D eigenvalue weighted by molar-refractivity contribution is 6.05. The number of nitrogens with zero attached hydrogens (tertiary/aromatic N) is 2. The lowest BCUT2D eigenvalue weighted by Gasteiger charge is -2.36. The SMILES string of the molecule is O=C(NCCN1CCN(c2ccccc2)CC1)c1cc(=O)[nH]c2ccccc12. The number of hydrogen-bond donors (Lipinski definition) is 2. The van der Waals surface area contributed by atoms with Crippen molar-refractivity contribution in [1.29, 1.82) is 0 Å². The van der Waals surface area contributed by atoms with E-state index < -0.39 is 0 Å². The van der Waals surface area contributed by atoms with Gasteiger partial charge in [-0.25, -0.2) is 0 Å². The summed E-state index contributed by atoms with van der Waals surface area (Å²) in [6, 6.07) is 19.2. The molecule has 0 spiro atoms. The number of nitrogens with one attached hydrogen (secondary N) is 2. The van der Waals surface area contributed by atoms with E-state index in [0.717, 1.165) is 38.1 Å². The first-order chi connectivity index (χ1) is 13.7. The van der Waals surface area contributed by atoms with Gasteiger partial charge in [0.25, 0.3) is 5.91 Å². The van der Waals surface area contributed by atoms with E-state index in [-0.39, 0.29) is 11.5 Å². The summed E-state index contributed by atoms with van der Waals surface area (Å²) in [7, 11) is 0. The maximum Gasteiger partial charge on any atom is 0.252 e. The Morgan fingerprint density at radius 2 is 1.68 bits per heavy atom. The van der Waals surface area contributed by atoms with Gasteiger partial charge in [0.05, 0.1) is 5.56 Å². The van der Waals surface area contributed by atoms with Crippen molar-refractivity contribution in [2.75, 3.05) is 44.2 Å². The number of carbonyl (C=O) groups excluding carboxylic acids is 1. The normalized spacial score (nSPS) is 14.9. The largest absolute Gasteiger partial charge is 0.369 e. The second-order valence-electron chi connectivity index (χ2n) is 7.01. The van der Waals surface area contributed by atoms with Crippen LogP contribution >= 0.6 is 0 Å². The number of carbonyl (C=O) groups is 1. The van der Waals surface area contributed by atoms with E-state index in [1.54, 1.807) is 6.07 Å². The van der Waals surface area contributed by atoms with Crippen molar-refractivity contribution in [3.63, 3.8) is 0 Å². The molecular weight excluding hydrogens is 352 g/mol. The number of aromatic nitrogens is 1. The second-order valence-corrected chi connectivity index (χ2v) is 7.01. The summed E-state index contributed by atoms with van der Waals surface area (Å²) in [4.78, 5) is 31.9. The van der Waals surface area contributed by atoms with Gasteiger partial charge in [0, 0.05) is 61.9 Å². The Balaban J connectivity index is 1.30. The average molecular weight is 376 g/mol. The van der Waals surface area contributed by atoms with Gasteiger partial charge in [0.1, 0.15) is 0 Å². The number of amides is 1. The molecule has 0 aliphatic carbocycles. The molecule has 1 saturated heterocycles. The summed E-state index contributed by atoms with van der Waals surface area (Å²) < 4.78 is 0. The molecule has 2 heterocycles. The molecule has 0 saturated carbocycles. The number of piperazine rings is 1. The Kier molecular flexibility index (Phi) is 5.39. The van der Waals surface area contributed by atoms with E-state index in [1.807, 2.05) is 24.3 Å². The van der Waals surface area contributed by atoms with E-state index in [9.17, 15) is 9.59 Å². The first-order valence-corrected chi connectivity index (χ1v) is 9.63.